The standard InChI is InChI=1S/C12H16OS/c1-3-9-8-10(12-6-7-14-12)4-5-11(9)13-2/h4-5,8,12H,3,6-7H2,1-2H3. The highest BCUT2D eigenvalue weighted by Crippen LogP contribution is 2.43. The van der Waals surface area contributed by atoms with Crippen LogP contribution in [0.4, 0.5) is 0 Å². The number of rotatable bonds is 3. The van der Waals surface area contributed by atoms with Gasteiger partial charge in [0.1, 0.15) is 5.75 Å². The molecule has 2 heteroatoms. The summed E-state index contributed by atoms with van der Waals surface area (Å²) in [7, 11) is 1.74. The Kier molecular flexibility index (Phi) is 3.02. The summed E-state index contributed by atoms with van der Waals surface area (Å²) < 4.78 is 5.32. The predicted molar refractivity (Wildman–Crippen MR) is 62.2 cm³/mol. The van der Waals surface area contributed by atoms with Gasteiger partial charge in [-0.15, -0.1) is 0 Å². The third-order valence-corrected chi connectivity index (χ3v) is 4.14. The number of thioether (sulfide) groups is 1. The van der Waals surface area contributed by atoms with Gasteiger partial charge in [0.25, 0.3) is 0 Å². The van der Waals surface area contributed by atoms with Crippen LogP contribution in [-0.4, -0.2) is 12.9 Å². The van der Waals surface area contributed by atoms with E-state index in [2.05, 4.69) is 36.9 Å². The monoisotopic (exact) mass is 208 g/mol. The number of hydrogen-bond acceptors (Lipinski definition) is 2. The van der Waals surface area contributed by atoms with Gasteiger partial charge in [-0.2, -0.15) is 11.8 Å². The molecule has 1 aliphatic rings. The van der Waals surface area contributed by atoms with E-state index >= 15 is 0 Å². The number of benzene rings is 1. The molecule has 14 heavy (non-hydrogen) atoms. The SMILES string of the molecule is CCc1cc(C2CCS2)ccc1OC. The molecular weight excluding hydrogens is 192 g/mol. The predicted octanol–water partition coefficient (Wildman–Crippen LogP) is 3.44. The Balaban J connectivity index is 2.26. The highest BCUT2D eigenvalue weighted by Gasteiger charge is 2.20. The highest BCUT2D eigenvalue weighted by molar-refractivity contribution is 8.00. The summed E-state index contributed by atoms with van der Waals surface area (Å²) in [6.07, 6.45) is 2.38. The molecule has 1 unspecified atom stereocenters. The first-order valence-corrected chi connectivity index (χ1v) is 6.18. The summed E-state index contributed by atoms with van der Waals surface area (Å²) in [6, 6.07) is 6.61. The maximum atomic E-state index is 5.32. The van der Waals surface area contributed by atoms with Gasteiger partial charge in [-0.1, -0.05) is 19.1 Å². The van der Waals surface area contributed by atoms with E-state index < -0.39 is 0 Å². The van der Waals surface area contributed by atoms with Crippen LogP contribution in [0.5, 0.6) is 5.75 Å². The second-order valence-electron chi connectivity index (χ2n) is 3.57. The van der Waals surface area contributed by atoms with Gasteiger partial charge in [-0.05, 0) is 35.8 Å². The summed E-state index contributed by atoms with van der Waals surface area (Å²) in [6.45, 7) is 2.18. The number of ether oxygens (including phenoxy) is 1. The molecule has 1 nitrogen and oxygen atoms in total. The second-order valence-corrected chi connectivity index (χ2v) is 4.88. The molecule has 1 atom stereocenters. The molecule has 2 rings (SSSR count). The number of aryl methyl sites for hydroxylation is 1. The van der Waals surface area contributed by atoms with Gasteiger partial charge in [-0.3, -0.25) is 0 Å². The molecule has 0 amide bonds. The smallest absolute Gasteiger partial charge is 0.122 e. The minimum absolute atomic E-state index is 0.742. The summed E-state index contributed by atoms with van der Waals surface area (Å²) in [5.41, 5.74) is 2.80. The quantitative estimate of drug-likeness (QED) is 0.752. The van der Waals surface area contributed by atoms with Crippen molar-refractivity contribution in [3.8, 4) is 5.75 Å². The molecule has 0 N–H and O–H groups in total. The molecule has 1 aromatic rings. The Morgan fingerprint density at radius 2 is 2.29 bits per heavy atom. The number of hydrogen-bond donors (Lipinski definition) is 0. The number of methoxy groups -OCH3 is 1. The molecule has 1 aliphatic heterocycles. The fourth-order valence-corrected chi connectivity index (χ4v) is 2.58. The molecule has 0 spiro atoms. The van der Waals surface area contributed by atoms with Gasteiger partial charge >= 0.3 is 0 Å². The van der Waals surface area contributed by atoms with Crippen LogP contribution in [0.3, 0.4) is 0 Å². The zero-order valence-corrected chi connectivity index (χ0v) is 9.56. The third kappa shape index (κ3) is 1.76. The summed E-state index contributed by atoms with van der Waals surface area (Å²) in [4.78, 5) is 0. The van der Waals surface area contributed by atoms with E-state index in [1.54, 1.807) is 7.11 Å². The van der Waals surface area contributed by atoms with Crippen LogP contribution >= 0.6 is 11.8 Å². The summed E-state index contributed by atoms with van der Waals surface area (Å²) >= 11 is 2.05. The van der Waals surface area contributed by atoms with Crippen molar-refractivity contribution < 1.29 is 4.74 Å². The largest absolute Gasteiger partial charge is 0.496 e. The van der Waals surface area contributed by atoms with Crippen molar-refractivity contribution >= 4 is 11.8 Å². The molecule has 1 heterocycles. The zero-order valence-electron chi connectivity index (χ0n) is 8.75. The molecule has 0 radical (unpaired) electrons. The molecule has 0 saturated carbocycles. The minimum atomic E-state index is 0.742. The molecule has 1 aromatic carbocycles. The van der Waals surface area contributed by atoms with Crippen molar-refractivity contribution in [2.75, 3.05) is 12.9 Å². The van der Waals surface area contributed by atoms with Crippen LogP contribution in [0.2, 0.25) is 0 Å². The Bertz CT molecular complexity index is 318. The summed E-state index contributed by atoms with van der Waals surface area (Å²) in [5.74, 6) is 2.35. The van der Waals surface area contributed by atoms with Crippen LogP contribution in [0.25, 0.3) is 0 Å². The van der Waals surface area contributed by atoms with Crippen LogP contribution in [-0.2, 0) is 6.42 Å². The van der Waals surface area contributed by atoms with Crippen molar-refractivity contribution in [2.45, 2.75) is 25.0 Å². The van der Waals surface area contributed by atoms with Gasteiger partial charge in [-0.25, -0.2) is 0 Å². The van der Waals surface area contributed by atoms with E-state index in [9.17, 15) is 0 Å². The maximum Gasteiger partial charge on any atom is 0.122 e. The average molecular weight is 208 g/mol. The first-order valence-electron chi connectivity index (χ1n) is 5.13. The van der Waals surface area contributed by atoms with Crippen LogP contribution in [0.1, 0.15) is 29.7 Å². The molecule has 76 valence electrons. The lowest BCUT2D eigenvalue weighted by Crippen LogP contribution is -2.07. The van der Waals surface area contributed by atoms with Crippen molar-refractivity contribution in [1.29, 1.82) is 0 Å². The lowest BCUT2D eigenvalue weighted by molar-refractivity contribution is 0.410. The second kappa shape index (κ2) is 4.26. The van der Waals surface area contributed by atoms with Crippen molar-refractivity contribution in [3.05, 3.63) is 29.3 Å². The Morgan fingerprint density at radius 3 is 2.79 bits per heavy atom. The molecule has 1 fully saturated rings. The van der Waals surface area contributed by atoms with Gasteiger partial charge in [0.05, 0.1) is 7.11 Å². The normalized spacial score (nSPS) is 20.3. The fraction of sp³-hybridized carbons (Fsp3) is 0.500. The minimum Gasteiger partial charge on any atom is -0.496 e. The van der Waals surface area contributed by atoms with E-state index in [1.807, 2.05) is 0 Å². The van der Waals surface area contributed by atoms with E-state index in [1.165, 1.54) is 23.3 Å². The third-order valence-electron chi connectivity index (χ3n) is 2.76. The van der Waals surface area contributed by atoms with E-state index in [4.69, 9.17) is 4.74 Å². The first kappa shape index (κ1) is 9.91. The zero-order chi connectivity index (χ0) is 9.97. The fourth-order valence-electron chi connectivity index (χ4n) is 1.77. The summed E-state index contributed by atoms with van der Waals surface area (Å²) in [5, 5.41) is 0.742. The van der Waals surface area contributed by atoms with Crippen LogP contribution in [0, 0.1) is 0 Å². The van der Waals surface area contributed by atoms with Crippen molar-refractivity contribution in [1.82, 2.24) is 0 Å². The highest BCUT2D eigenvalue weighted by atomic mass is 32.2. The van der Waals surface area contributed by atoms with E-state index in [-0.39, 0.29) is 0 Å². The van der Waals surface area contributed by atoms with Gasteiger partial charge < -0.3 is 4.74 Å². The van der Waals surface area contributed by atoms with Gasteiger partial charge in [0.15, 0.2) is 0 Å². The van der Waals surface area contributed by atoms with Crippen molar-refractivity contribution in [2.24, 2.45) is 0 Å². The topological polar surface area (TPSA) is 9.23 Å². The molecule has 0 aromatic heterocycles. The van der Waals surface area contributed by atoms with Crippen LogP contribution < -0.4 is 4.74 Å². The molecule has 0 bridgehead atoms. The Hall–Kier alpha value is -0.630. The average Bonchev–Trinajstić information content (AvgIpc) is 2.15. The lowest BCUT2D eigenvalue weighted by atomic mass is 10.0. The molecular formula is C12H16OS. The van der Waals surface area contributed by atoms with Crippen molar-refractivity contribution in [3.63, 3.8) is 0 Å². The molecule has 1 saturated heterocycles. The van der Waals surface area contributed by atoms with E-state index in [0.29, 0.717) is 0 Å². The maximum absolute atomic E-state index is 5.32. The Labute approximate surface area is 89.9 Å². The lowest BCUT2D eigenvalue weighted by Gasteiger charge is -2.26. The van der Waals surface area contributed by atoms with Gasteiger partial charge in [0.2, 0.25) is 0 Å². The first-order chi connectivity index (χ1) is 6.85. The van der Waals surface area contributed by atoms with Crippen LogP contribution in [0.15, 0.2) is 18.2 Å². The Morgan fingerprint density at radius 1 is 1.50 bits per heavy atom. The van der Waals surface area contributed by atoms with Gasteiger partial charge in [0, 0.05) is 5.25 Å². The molecule has 0 aliphatic carbocycles. The van der Waals surface area contributed by atoms with E-state index in [0.717, 1.165) is 17.4 Å².